The van der Waals surface area contributed by atoms with Crippen LogP contribution in [0.15, 0.2) is 30.3 Å². The third-order valence-electron chi connectivity index (χ3n) is 3.80. The average molecular weight is 339 g/mol. The van der Waals surface area contributed by atoms with E-state index in [9.17, 15) is 4.79 Å². The lowest BCUT2D eigenvalue weighted by molar-refractivity contribution is 0.102. The van der Waals surface area contributed by atoms with Crippen molar-refractivity contribution in [2.45, 2.75) is 20.8 Å². The Morgan fingerprint density at radius 3 is 2.64 bits per heavy atom. The minimum Gasteiger partial charge on any atom is -0.492 e. The SMILES string of the molecule is Cc1cc(C)n2nc(C)c(C(=O)Nc3ccc(OCCN)cc3)c2n1. The van der Waals surface area contributed by atoms with Gasteiger partial charge in [0.25, 0.3) is 5.91 Å². The first-order valence-electron chi connectivity index (χ1n) is 8.07. The van der Waals surface area contributed by atoms with Gasteiger partial charge in [0.1, 0.15) is 17.9 Å². The number of nitrogens with two attached hydrogens (primary N) is 1. The van der Waals surface area contributed by atoms with Crippen molar-refractivity contribution < 1.29 is 9.53 Å². The van der Waals surface area contributed by atoms with Gasteiger partial charge in [-0.2, -0.15) is 5.10 Å². The van der Waals surface area contributed by atoms with Crippen molar-refractivity contribution in [2.24, 2.45) is 5.73 Å². The summed E-state index contributed by atoms with van der Waals surface area (Å²) in [5.74, 6) is 0.476. The summed E-state index contributed by atoms with van der Waals surface area (Å²) in [6.07, 6.45) is 0. The van der Waals surface area contributed by atoms with Gasteiger partial charge in [-0.1, -0.05) is 0 Å². The normalized spacial score (nSPS) is 10.9. The number of nitrogens with one attached hydrogen (secondary N) is 1. The van der Waals surface area contributed by atoms with E-state index in [0.717, 1.165) is 11.4 Å². The number of hydrogen-bond acceptors (Lipinski definition) is 5. The highest BCUT2D eigenvalue weighted by Crippen LogP contribution is 2.20. The molecule has 0 saturated heterocycles. The van der Waals surface area contributed by atoms with E-state index in [2.05, 4.69) is 15.4 Å². The van der Waals surface area contributed by atoms with Gasteiger partial charge in [0.2, 0.25) is 0 Å². The largest absolute Gasteiger partial charge is 0.492 e. The predicted octanol–water partition coefficient (Wildman–Crippen LogP) is 2.24. The highest BCUT2D eigenvalue weighted by Gasteiger charge is 2.19. The molecule has 7 nitrogen and oxygen atoms in total. The summed E-state index contributed by atoms with van der Waals surface area (Å²) in [4.78, 5) is 17.2. The first-order valence-corrected chi connectivity index (χ1v) is 8.07. The molecule has 0 aliphatic carbocycles. The quantitative estimate of drug-likeness (QED) is 0.743. The van der Waals surface area contributed by atoms with Gasteiger partial charge in [0.05, 0.1) is 5.69 Å². The van der Waals surface area contributed by atoms with Crippen molar-refractivity contribution in [3.63, 3.8) is 0 Å². The van der Waals surface area contributed by atoms with E-state index < -0.39 is 0 Å². The van der Waals surface area contributed by atoms with Crippen LogP contribution in [-0.2, 0) is 0 Å². The molecule has 130 valence electrons. The van der Waals surface area contributed by atoms with Crippen molar-refractivity contribution in [3.05, 3.63) is 53.0 Å². The third kappa shape index (κ3) is 3.46. The fourth-order valence-electron chi connectivity index (χ4n) is 2.70. The summed E-state index contributed by atoms with van der Waals surface area (Å²) < 4.78 is 7.12. The summed E-state index contributed by atoms with van der Waals surface area (Å²) >= 11 is 0. The maximum atomic E-state index is 12.7. The predicted molar refractivity (Wildman–Crippen MR) is 96.1 cm³/mol. The highest BCUT2D eigenvalue weighted by molar-refractivity contribution is 6.09. The number of amides is 1. The summed E-state index contributed by atoms with van der Waals surface area (Å²) in [7, 11) is 0. The molecule has 25 heavy (non-hydrogen) atoms. The van der Waals surface area contributed by atoms with Gasteiger partial charge in [0, 0.05) is 23.6 Å². The van der Waals surface area contributed by atoms with Gasteiger partial charge in [-0.25, -0.2) is 9.50 Å². The molecule has 2 aromatic heterocycles. The van der Waals surface area contributed by atoms with Crippen LogP contribution in [0, 0.1) is 20.8 Å². The van der Waals surface area contributed by atoms with Gasteiger partial charge in [-0.15, -0.1) is 0 Å². The second-order valence-corrected chi connectivity index (χ2v) is 5.85. The van der Waals surface area contributed by atoms with Gasteiger partial charge in [0.15, 0.2) is 5.65 Å². The zero-order valence-electron chi connectivity index (χ0n) is 14.5. The molecule has 0 aliphatic rings. The van der Waals surface area contributed by atoms with E-state index in [1.54, 1.807) is 28.8 Å². The maximum absolute atomic E-state index is 12.7. The molecule has 1 amide bonds. The van der Waals surface area contributed by atoms with Crippen molar-refractivity contribution in [1.82, 2.24) is 14.6 Å². The number of benzene rings is 1. The van der Waals surface area contributed by atoms with Crippen LogP contribution in [0.3, 0.4) is 0 Å². The Hall–Kier alpha value is -2.93. The summed E-state index contributed by atoms with van der Waals surface area (Å²) in [6.45, 7) is 6.56. The molecule has 1 aromatic carbocycles. The number of nitrogens with zero attached hydrogens (tertiary/aromatic N) is 3. The Morgan fingerprint density at radius 2 is 1.96 bits per heavy atom. The van der Waals surface area contributed by atoms with Crippen LogP contribution in [0.25, 0.3) is 5.65 Å². The van der Waals surface area contributed by atoms with Gasteiger partial charge >= 0.3 is 0 Å². The molecule has 2 heterocycles. The van der Waals surface area contributed by atoms with E-state index in [4.69, 9.17) is 10.5 Å². The molecule has 3 N–H and O–H groups in total. The number of ether oxygens (including phenoxy) is 1. The van der Waals surface area contributed by atoms with Crippen LogP contribution >= 0.6 is 0 Å². The number of rotatable bonds is 5. The molecule has 3 aromatic rings. The Balaban J connectivity index is 1.86. The Morgan fingerprint density at radius 1 is 1.24 bits per heavy atom. The van der Waals surface area contributed by atoms with Crippen molar-refractivity contribution in [3.8, 4) is 5.75 Å². The lowest BCUT2D eigenvalue weighted by Crippen LogP contribution is -2.14. The summed E-state index contributed by atoms with van der Waals surface area (Å²) in [5, 5.41) is 7.31. The molecular formula is C18H21N5O2. The number of aromatic nitrogens is 3. The monoisotopic (exact) mass is 339 g/mol. The lowest BCUT2D eigenvalue weighted by atomic mass is 10.2. The lowest BCUT2D eigenvalue weighted by Gasteiger charge is -2.08. The van der Waals surface area contributed by atoms with E-state index in [0.29, 0.717) is 41.5 Å². The number of carbonyl (C=O) groups is 1. The van der Waals surface area contributed by atoms with Crippen LogP contribution in [0.4, 0.5) is 5.69 Å². The molecule has 0 radical (unpaired) electrons. The molecule has 0 spiro atoms. The molecule has 0 unspecified atom stereocenters. The molecule has 0 bridgehead atoms. The zero-order chi connectivity index (χ0) is 18.0. The number of hydrogen-bond donors (Lipinski definition) is 2. The van der Waals surface area contributed by atoms with E-state index >= 15 is 0 Å². The standard InChI is InChI=1S/C18H21N5O2/c1-11-10-12(2)23-17(20-11)16(13(3)22-23)18(24)21-14-4-6-15(7-5-14)25-9-8-19/h4-7,10H,8-9,19H2,1-3H3,(H,21,24). The topological polar surface area (TPSA) is 94.5 Å². The fraction of sp³-hybridized carbons (Fsp3) is 0.278. The molecule has 0 fully saturated rings. The van der Waals surface area contributed by atoms with Crippen LogP contribution in [-0.4, -0.2) is 33.7 Å². The smallest absolute Gasteiger partial charge is 0.261 e. The second-order valence-electron chi connectivity index (χ2n) is 5.85. The molecule has 0 aliphatic heterocycles. The van der Waals surface area contributed by atoms with Crippen LogP contribution < -0.4 is 15.8 Å². The number of fused-ring (bicyclic) bond motifs is 1. The van der Waals surface area contributed by atoms with Gasteiger partial charge < -0.3 is 15.8 Å². The van der Waals surface area contributed by atoms with E-state index in [1.165, 1.54) is 0 Å². The Kier molecular flexibility index (Phi) is 4.67. The van der Waals surface area contributed by atoms with Crippen molar-refractivity contribution in [1.29, 1.82) is 0 Å². The number of aryl methyl sites for hydroxylation is 3. The Bertz CT molecular complexity index is 915. The van der Waals surface area contributed by atoms with Gasteiger partial charge in [-0.3, -0.25) is 4.79 Å². The molecule has 7 heteroatoms. The molecular weight excluding hydrogens is 318 g/mol. The second kappa shape index (κ2) is 6.90. The highest BCUT2D eigenvalue weighted by atomic mass is 16.5. The van der Waals surface area contributed by atoms with Crippen LogP contribution in [0.5, 0.6) is 5.75 Å². The van der Waals surface area contributed by atoms with E-state index in [-0.39, 0.29) is 5.91 Å². The number of anilines is 1. The van der Waals surface area contributed by atoms with Crippen molar-refractivity contribution >= 4 is 17.2 Å². The maximum Gasteiger partial charge on any atom is 0.261 e. The summed E-state index contributed by atoms with van der Waals surface area (Å²) in [6, 6.07) is 9.09. The summed E-state index contributed by atoms with van der Waals surface area (Å²) in [5.41, 5.74) is 9.56. The number of carbonyl (C=O) groups excluding carboxylic acids is 1. The first-order chi connectivity index (χ1) is 12.0. The minimum absolute atomic E-state index is 0.236. The van der Waals surface area contributed by atoms with Crippen LogP contribution in [0.1, 0.15) is 27.4 Å². The van der Waals surface area contributed by atoms with Crippen LogP contribution in [0.2, 0.25) is 0 Å². The molecule has 0 atom stereocenters. The zero-order valence-corrected chi connectivity index (χ0v) is 14.5. The molecule has 3 rings (SSSR count). The third-order valence-corrected chi connectivity index (χ3v) is 3.80. The van der Waals surface area contributed by atoms with Crippen molar-refractivity contribution in [2.75, 3.05) is 18.5 Å². The Labute approximate surface area is 145 Å². The van der Waals surface area contributed by atoms with Gasteiger partial charge in [-0.05, 0) is 51.1 Å². The average Bonchev–Trinajstić information content (AvgIpc) is 2.90. The first kappa shape index (κ1) is 16.9. The minimum atomic E-state index is -0.236. The molecule has 0 saturated carbocycles. The van der Waals surface area contributed by atoms with E-state index in [1.807, 2.05) is 26.8 Å². The fourth-order valence-corrected chi connectivity index (χ4v) is 2.70.